The van der Waals surface area contributed by atoms with Crippen molar-refractivity contribution in [1.82, 2.24) is 15.5 Å². The van der Waals surface area contributed by atoms with E-state index in [2.05, 4.69) is 15.5 Å². The summed E-state index contributed by atoms with van der Waals surface area (Å²) in [5.41, 5.74) is 0.618. The molecule has 0 spiro atoms. The van der Waals surface area contributed by atoms with Crippen molar-refractivity contribution in [3.05, 3.63) is 45.5 Å². The summed E-state index contributed by atoms with van der Waals surface area (Å²) in [6.45, 7) is 1.67. The Morgan fingerprint density at radius 1 is 1.29 bits per heavy atom. The molecule has 0 saturated carbocycles. The second-order valence-electron chi connectivity index (χ2n) is 5.18. The predicted octanol–water partition coefficient (Wildman–Crippen LogP) is 2.43. The highest BCUT2D eigenvalue weighted by molar-refractivity contribution is 6.34. The molecule has 1 atom stereocenters. The minimum Gasteiger partial charge on any atom is -0.480 e. The maximum absolute atomic E-state index is 11.9. The van der Waals surface area contributed by atoms with Gasteiger partial charge in [-0.2, -0.15) is 4.98 Å². The summed E-state index contributed by atoms with van der Waals surface area (Å²) in [6.07, 6.45) is 0.352. The van der Waals surface area contributed by atoms with Gasteiger partial charge in [-0.1, -0.05) is 28.4 Å². The summed E-state index contributed by atoms with van der Waals surface area (Å²) in [6, 6.07) is 3.68. The van der Waals surface area contributed by atoms with Crippen LogP contribution in [0.4, 0.5) is 0 Å². The number of amides is 1. The maximum Gasteiger partial charge on any atom is 0.326 e. The van der Waals surface area contributed by atoms with E-state index < -0.39 is 17.9 Å². The lowest BCUT2D eigenvalue weighted by Gasteiger charge is -2.15. The van der Waals surface area contributed by atoms with Crippen LogP contribution in [0.2, 0.25) is 10.0 Å². The number of rotatable bonds is 7. The Morgan fingerprint density at radius 3 is 2.50 bits per heavy atom. The van der Waals surface area contributed by atoms with Crippen LogP contribution in [-0.4, -0.2) is 33.2 Å². The van der Waals surface area contributed by atoms with Crippen molar-refractivity contribution < 1.29 is 19.2 Å². The van der Waals surface area contributed by atoms with Crippen LogP contribution >= 0.6 is 23.2 Å². The SMILES string of the molecule is Cc1noc(CCC(=O)NC(Cc2cc(Cl)cc(Cl)c2)C(=O)O)n1. The van der Waals surface area contributed by atoms with Crippen molar-refractivity contribution in [1.29, 1.82) is 0 Å². The number of nitrogens with zero attached hydrogens (tertiary/aromatic N) is 2. The first-order valence-electron chi connectivity index (χ1n) is 7.10. The van der Waals surface area contributed by atoms with Gasteiger partial charge in [-0.05, 0) is 30.7 Å². The second-order valence-corrected chi connectivity index (χ2v) is 6.05. The molecule has 0 radical (unpaired) electrons. The molecule has 1 aromatic carbocycles. The fourth-order valence-corrected chi connectivity index (χ4v) is 2.66. The number of carbonyl (C=O) groups excluding carboxylic acids is 1. The standard InChI is InChI=1S/C15H15Cl2N3O4/c1-8-18-14(24-20-8)3-2-13(21)19-12(15(22)23)6-9-4-10(16)7-11(17)5-9/h4-5,7,12H,2-3,6H2,1H3,(H,19,21)(H,22,23). The molecule has 2 rings (SSSR count). The van der Waals surface area contributed by atoms with Crippen LogP contribution in [0.3, 0.4) is 0 Å². The molecule has 0 aliphatic rings. The second kappa shape index (κ2) is 8.12. The molecular formula is C15H15Cl2N3O4. The number of carboxylic acids is 1. The van der Waals surface area contributed by atoms with Crippen LogP contribution in [0.1, 0.15) is 23.7 Å². The van der Waals surface area contributed by atoms with Gasteiger partial charge >= 0.3 is 5.97 Å². The van der Waals surface area contributed by atoms with Gasteiger partial charge < -0.3 is 14.9 Å². The fourth-order valence-electron chi connectivity index (χ4n) is 2.09. The molecule has 0 fully saturated rings. The molecule has 1 unspecified atom stereocenters. The topological polar surface area (TPSA) is 105 Å². The zero-order valence-corrected chi connectivity index (χ0v) is 14.3. The Bertz CT molecular complexity index is 728. The molecule has 1 aromatic heterocycles. The van der Waals surface area contributed by atoms with Gasteiger partial charge in [0.25, 0.3) is 0 Å². The van der Waals surface area contributed by atoms with E-state index in [4.69, 9.17) is 27.7 Å². The van der Waals surface area contributed by atoms with Crippen molar-refractivity contribution in [2.24, 2.45) is 0 Å². The highest BCUT2D eigenvalue weighted by Gasteiger charge is 2.21. The molecule has 2 aromatic rings. The number of hydrogen-bond donors (Lipinski definition) is 2. The van der Waals surface area contributed by atoms with E-state index in [9.17, 15) is 14.7 Å². The molecule has 7 nitrogen and oxygen atoms in total. The molecule has 0 saturated heterocycles. The fraction of sp³-hybridized carbons (Fsp3) is 0.333. The van der Waals surface area contributed by atoms with Gasteiger partial charge in [-0.15, -0.1) is 0 Å². The average Bonchev–Trinajstić information content (AvgIpc) is 2.89. The summed E-state index contributed by atoms with van der Waals surface area (Å²) >= 11 is 11.8. The first-order chi connectivity index (χ1) is 11.3. The zero-order valence-electron chi connectivity index (χ0n) is 12.8. The predicted molar refractivity (Wildman–Crippen MR) is 87.1 cm³/mol. The normalized spacial score (nSPS) is 12.0. The third-order valence-electron chi connectivity index (χ3n) is 3.13. The lowest BCUT2D eigenvalue weighted by Crippen LogP contribution is -2.42. The Morgan fingerprint density at radius 2 is 1.96 bits per heavy atom. The van der Waals surface area contributed by atoms with E-state index in [1.165, 1.54) is 0 Å². The molecule has 1 heterocycles. The Kier molecular flexibility index (Phi) is 6.16. The van der Waals surface area contributed by atoms with E-state index in [0.29, 0.717) is 27.3 Å². The summed E-state index contributed by atoms with van der Waals surface area (Å²) in [5.74, 6) is -0.762. The maximum atomic E-state index is 11.9. The summed E-state index contributed by atoms with van der Waals surface area (Å²) in [7, 11) is 0. The van der Waals surface area contributed by atoms with Crippen molar-refractivity contribution in [3.8, 4) is 0 Å². The molecule has 1 amide bonds. The molecule has 128 valence electrons. The first kappa shape index (κ1) is 18.2. The lowest BCUT2D eigenvalue weighted by atomic mass is 10.1. The molecule has 2 N–H and O–H groups in total. The van der Waals surface area contributed by atoms with Crippen molar-refractivity contribution >= 4 is 35.1 Å². The van der Waals surface area contributed by atoms with Gasteiger partial charge in [0, 0.05) is 29.3 Å². The van der Waals surface area contributed by atoms with Gasteiger partial charge in [0.15, 0.2) is 5.82 Å². The molecule has 9 heteroatoms. The van der Waals surface area contributed by atoms with Crippen LogP contribution in [0, 0.1) is 6.92 Å². The van der Waals surface area contributed by atoms with Gasteiger partial charge in [-0.3, -0.25) is 4.79 Å². The molecule has 0 bridgehead atoms. The Balaban J connectivity index is 1.94. The highest BCUT2D eigenvalue weighted by atomic mass is 35.5. The third kappa shape index (κ3) is 5.50. The van der Waals surface area contributed by atoms with E-state index in [1.807, 2.05) is 0 Å². The zero-order chi connectivity index (χ0) is 17.7. The van der Waals surface area contributed by atoms with Crippen molar-refractivity contribution in [2.45, 2.75) is 32.2 Å². The Hall–Kier alpha value is -2.12. The number of aliphatic carboxylic acids is 1. The summed E-state index contributed by atoms with van der Waals surface area (Å²) in [5, 5.41) is 16.2. The van der Waals surface area contributed by atoms with E-state index in [1.54, 1.807) is 25.1 Å². The Labute approximate surface area is 148 Å². The quantitative estimate of drug-likeness (QED) is 0.773. The van der Waals surface area contributed by atoms with E-state index in [-0.39, 0.29) is 19.3 Å². The molecule has 0 aliphatic heterocycles. The number of aryl methyl sites for hydroxylation is 2. The van der Waals surface area contributed by atoms with Crippen molar-refractivity contribution in [2.75, 3.05) is 0 Å². The van der Waals surface area contributed by atoms with Gasteiger partial charge in [0.05, 0.1) is 0 Å². The number of carboxylic acid groups (broad SMARTS) is 1. The third-order valence-corrected chi connectivity index (χ3v) is 3.57. The molecular weight excluding hydrogens is 357 g/mol. The smallest absolute Gasteiger partial charge is 0.326 e. The van der Waals surface area contributed by atoms with Crippen LogP contribution in [0.25, 0.3) is 0 Å². The molecule has 0 aliphatic carbocycles. The first-order valence-corrected chi connectivity index (χ1v) is 7.85. The summed E-state index contributed by atoms with van der Waals surface area (Å²) < 4.78 is 4.90. The average molecular weight is 372 g/mol. The number of halogens is 2. The van der Waals surface area contributed by atoms with Crippen LogP contribution in [0.15, 0.2) is 22.7 Å². The number of benzene rings is 1. The highest BCUT2D eigenvalue weighted by Crippen LogP contribution is 2.20. The van der Waals surface area contributed by atoms with Crippen molar-refractivity contribution in [3.63, 3.8) is 0 Å². The lowest BCUT2D eigenvalue weighted by molar-refractivity contribution is -0.141. The van der Waals surface area contributed by atoms with Gasteiger partial charge in [0.1, 0.15) is 6.04 Å². The number of nitrogens with one attached hydrogen (secondary N) is 1. The van der Waals surface area contributed by atoms with E-state index in [0.717, 1.165) is 0 Å². The number of hydrogen-bond acceptors (Lipinski definition) is 5. The summed E-state index contributed by atoms with van der Waals surface area (Å²) in [4.78, 5) is 27.3. The van der Waals surface area contributed by atoms with Gasteiger partial charge in [-0.25, -0.2) is 4.79 Å². The molecule has 24 heavy (non-hydrogen) atoms. The van der Waals surface area contributed by atoms with Crippen LogP contribution in [-0.2, 0) is 22.4 Å². The largest absolute Gasteiger partial charge is 0.480 e. The minimum absolute atomic E-state index is 0.0434. The number of aromatic nitrogens is 2. The minimum atomic E-state index is -1.15. The van der Waals surface area contributed by atoms with Crippen LogP contribution < -0.4 is 5.32 Å². The van der Waals surface area contributed by atoms with E-state index >= 15 is 0 Å². The van der Waals surface area contributed by atoms with Crippen LogP contribution in [0.5, 0.6) is 0 Å². The monoisotopic (exact) mass is 371 g/mol. The number of carbonyl (C=O) groups is 2. The van der Waals surface area contributed by atoms with Gasteiger partial charge in [0.2, 0.25) is 11.8 Å².